The molecule has 0 aliphatic rings. The van der Waals surface area contributed by atoms with Crippen LogP contribution in [0.25, 0.3) is 0 Å². The molecule has 0 saturated carbocycles. The zero-order valence-electron chi connectivity index (χ0n) is 11.2. The molecule has 20 heavy (non-hydrogen) atoms. The highest BCUT2D eigenvalue weighted by molar-refractivity contribution is 5.16. The van der Waals surface area contributed by atoms with Crippen molar-refractivity contribution in [3.63, 3.8) is 0 Å². The van der Waals surface area contributed by atoms with Crippen molar-refractivity contribution >= 4 is 0 Å². The van der Waals surface area contributed by atoms with Gasteiger partial charge >= 0.3 is 0 Å². The lowest BCUT2D eigenvalue weighted by Gasteiger charge is -2.10. The van der Waals surface area contributed by atoms with Gasteiger partial charge in [-0.1, -0.05) is 0 Å². The van der Waals surface area contributed by atoms with Gasteiger partial charge in [0.1, 0.15) is 12.2 Å². The van der Waals surface area contributed by atoms with E-state index < -0.39 is 12.2 Å². The maximum absolute atomic E-state index is 9.13. The first-order valence-electron chi connectivity index (χ1n) is 6.31. The summed E-state index contributed by atoms with van der Waals surface area (Å²) in [5.74, 6) is 0. The van der Waals surface area contributed by atoms with Crippen LogP contribution in [0.1, 0.15) is 11.1 Å². The Morgan fingerprint density at radius 3 is 1.75 bits per heavy atom. The van der Waals surface area contributed by atoms with Crippen molar-refractivity contribution in [1.29, 1.82) is 0 Å². The number of hydrogen-bond acceptors (Lipinski definition) is 7. The first-order valence-corrected chi connectivity index (χ1v) is 6.31. The Kier molecular flexibility index (Phi) is 8.28. The van der Waals surface area contributed by atoms with E-state index in [0.717, 1.165) is 11.1 Å². The van der Waals surface area contributed by atoms with E-state index in [4.69, 9.17) is 29.9 Å². The smallest absolute Gasteiger partial charge is 0.100 e. The van der Waals surface area contributed by atoms with E-state index in [1.807, 2.05) is 6.07 Å². The summed E-state index contributed by atoms with van der Waals surface area (Å²) in [5, 5.41) is 35.5. The molecule has 0 bridgehead atoms. The molecule has 7 nitrogen and oxygen atoms in total. The van der Waals surface area contributed by atoms with Gasteiger partial charge in [-0.25, -0.2) is 0 Å². The lowest BCUT2D eigenvalue weighted by Crippen LogP contribution is -2.19. The van der Waals surface area contributed by atoms with Gasteiger partial charge in [0, 0.05) is 12.4 Å². The van der Waals surface area contributed by atoms with Crippen LogP contribution in [0.15, 0.2) is 18.5 Å². The van der Waals surface area contributed by atoms with Gasteiger partial charge in [0.2, 0.25) is 0 Å². The Morgan fingerprint density at radius 1 is 0.900 bits per heavy atom. The average Bonchev–Trinajstić information content (AvgIpc) is 2.47. The summed E-state index contributed by atoms with van der Waals surface area (Å²) in [6.07, 6.45) is 1.51. The molecule has 0 aliphatic heterocycles. The monoisotopic (exact) mass is 287 g/mol. The number of hydrogen-bond donors (Lipinski definition) is 4. The average molecular weight is 287 g/mol. The summed E-state index contributed by atoms with van der Waals surface area (Å²) in [6, 6.07) is 1.84. The zero-order valence-corrected chi connectivity index (χ0v) is 11.2. The van der Waals surface area contributed by atoms with Gasteiger partial charge in [0.15, 0.2) is 0 Å². The number of rotatable bonds is 10. The fourth-order valence-electron chi connectivity index (χ4n) is 1.43. The Balaban J connectivity index is 2.33. The van der Waals surface area contributed by atoms with Crippen molar-refractivity contribution in [3.8, 4) is 0 Å². The molecule has 0 saturated heterocycles. The topological polar surface area (TPSA) is 112 Å². The summed E-state index contributed by atoms with van der Waals surface area (Å²) in [7, 11) is 0. The second-order valence-electron chi connectivity index (χ2n) is 4.40. The normalized spacial score (nSPS) is 14.2. The summed E-state index contributed by atoms with van der Waals surface area (Å²) < 4.78 is 10.4. The van der Waals surface area contributed by atoms with E-state index >= 15 is 0 Å². The number of nitrogens with zero attached hydrogens (tertiary/aromatic N) is 1. The summed E-state index contributed by atoms with van der Waals surface area (Å²) in [5.41, 5.74) is 1.64. The van der Waals surface area contributed by atoms with Crippen molar-refractivity contribution in [2.75, 3.05) is 26.4 Å². The number of pyridine rings is 1. The largest absolute Gasteiger partial charge is 0.394 e. The Bertz CT molecular complexity index is 344. The first-order chi connectivity index (χ1) is 9.65. The maximum Gasteiger partial charge on any atom is 0.100 e. The van der Waals surface area contributed by atoms with E-state index in [0.29, 0.717) is 0 Å². The Labute approximate surface area is 117 Å². The fourth-order valence-corrected chi connectivity index (χ4v) is 1.43. The molecular formula is C13H21NO6. The van der Waals surface area contributed by atoms with Crippen LogP contribution in [0, 0.1) is 0 Å². The van der Waals surface area contributed by atoms with Crippen molar-refractivity contribution < 1.29 is 29.9 Å². The van der Waals surface area contributed by atoms with Gasteiger partial charge < -0.3 is 29.9 Å². The van der Waals surface area contributed by atoms with Crippen LogP contribution in [0.4, 0.5) is 0 Å². The second kappa shape index (κ2) is 9.76. The van der Waals surface area contributed by atoms with Crippen LogP contribution < -0.4 is 0 Å². The molecule has 0 radical (unpaired) electrons. The second-order valence-corrected chi connectivity index (χ2v) is 4.40. The molecule has 4 N–H and O–H groups in total. The standard InChI is InChI=1S/C13H21NO6/c15-4-12(17)8-19-6-10-1-11(3-14-2-10)7-20-9-13(18)5-16/h1-3,12-13,15-18H,4-9H2. The third kappa shape index (κ3) is 6.90. The lowest BCUT2D eigenvalue weighted by atomic mass is 10.2. The van der Waals surface area contributed by atoms with Gasteiger partial charge in [0.05, 0.1) is 39.6 Å². The number of aliphatic hydroxyl groups excluding tert-OH is 4. The zero-order chi connectivity index (χ0) is 14.8. The number of aliphatic hydroxyl groups is 4. The predicted molar refractivity (Wildman–Crippen MR) is 69.7 cm³/mol. The molecule has 1 aromatic rings. The lowest BCUT2D eigenvalue weighted by molar-refractivity contribution is -0.00150. The summed E-state index contributed by atoms with van der Waals surface area (Å²) in [4.78, 5) is 4.04. The van der Waals surface area contributed by atoms with Gasteiger partial charge in [-0.2, -0.15) is 0 Å². The Morgan fingerprint density at radius 2 is 1.35 bits per heavy atom. The fraction of sp³-hybridized carbons (Fsp3) is 0.615. The van der Waals surface area contributed by atoms with Crippen molar-refractivity contribution in [2.45, 2.75) is 25.4 Å². The summed E-state index contributed by atoms with van der Waals surface area (Å²) in [6.45, 7) is -0.00715. The molecule has 0 spiro atoms. The molecule has 1 heterocycles. The molecule has 0 aromatic carbocycles. The van der Waals surface area contributed by atoms with Crippen molar-refractivity contribution in [1.82, 2.24) is 4.98 Å². The first kappa shape index (κ1) is 17.0. The highest BCUT2D eigenvalue weighted by Gasteiger charge is 2.04. The van der Waals surface area contributed by atoms with Gasteiger partial charge in [-0.3, -0.25) is 4.98 Å². The molecule has 1 aromatic heterocycles. The molecule has 0 fully saturated rings. The number of ether oxygens (including phenoxy) is 2. The maximum atomic E-state index is 9.13. The van der Waals surface area contributed by atoms with Gasteiger partial charge in [-0.15, -0.1) is 0 Å². The van der Waals surface area contributed by atoms with Gasteiger partial charge in [0.25, 0.3) is 0 Å². The minimum Gasteiger partial charge on any atom is -0.394 e. The van der Waals surface area contributed by atoms with Crippen LogP contribution >= 0.6 is 0 Å². The molecule has 2 unspecified atom stereocenters. The molecule has 2 atom stereocenters. The van der Waals surface area contributed by atoms with Gasteiger partial charge in [-0.05, 0) is 17.2 Å². The molecule has 0 aliphatic carbocycles. The van der Waals surface area contributed by atoms with E-state index in [2.05, 4.69) is 4.98 Å². The van der Waals surface area contributed by atoms with E-state index in [9.17, 15) is 0 Å². The van der Waals surface area contributed by atoms with Crippen molar-refractivity contribution in [3.05, 3.63) is 29.6 Å². The van der Waals surface area contributed by atoms with Crippen LogP contribution in [0.2, 0.25) is 0 Å². The van der Waals surface area contributed by atoms with Crippen LogP contribution in [0.5, 0.6) is 0 Å². The van der Waals surface area contributed by atoms with Crippen LogP contribution in [-0.4, -0.2) is 64.0 Å². The summed E-state index contributed by atoms with van der Waals surface area (Å²) >= 11 is 0. The molecule has 0 amide bonds. The quantitative estimate of drug-likeness (QED) is 0.428. The van der Waals surface area contributed by atoms with E-state index in [1.54, 1.807) is 12.4 Å². The molecular weight excluding hydrogens is 266 g/mol. The van der Waals surface area contributed by atoms with Crippen LogP contribution in [0.3, 0.4) is 0 Å². The highest BCUT2D eigenvalue weighted by Crippen LogP contribution is 2.06. The molecule has 1 rings (SSSR count). The third-order valence-electron chi connectivity index (χ3n) is 2.43. The minimum atomic E-state index is -0.880. The van der Waals surface area contributed by atoms with Crippen LogP contribution in [-0.2, 0) is 22.7 Å². The highest BCUT2D eigenvalue weighted by atomic mass is 16.5. The molecule has 114 valence electrons. The van der Waals surface area contributed by atoms with E-state index in [1.165, 1.54) is 0 Å². The SMILES string of the molecule is OCC(O)COCc1cncc(COCC(O)CO)c1. The van der Waals surface area contributed by atoms with E-state index in [-0.39, 0.29) is 39.6 Å². The predicted octanol–water partition coefficient (Wildman–Crippen LogP) is -1.18. The van der Waals surface area contributed by atoms with Crippen molar-refractivity contribution in [2.24, 2.45) is 0 Å². The minimum absolute atomic E-state index is 0.0555. The Hall–Kier alpha value is -1.09. The number of aromatic nitrogens is 1. The molecule has 7 heteroatoms. The third-order valence-corrected chi connectivity index (χ3v) is 2.43.